The van der Waals surface area contributed by atoms with Crippen LogP contribution in [0.1, 0.15) is 30.5 Å². The largest absolute Gasteiger partial charge is 0.495 e. The highest BCUT2D eigenvalue weighted by Gasteiger charge is 2.24. The second kappa shape index (κ2) is 7.02. The molecular weight excluding hydrogens is 306 g/mol. The van der Waals surface area contributed by atoms with Crippen molar-refractivity contribution in [2.24, 2.45) is 0 Å². The zero-order valence-corrected chi connectivity index (χ0v) is 15.3. The minimum absolute atomic E-state index is 0.0861. The Hall–Kier alpha value is -2.74. The smallest absolute Gasteiger partial charge is 0.142 e. The second-order valence-electron chi connectivity index (χ2n) is 6.90. The average molecular weight is 331 g/mol. The van der Waals surface area contributed by atoms with Crippen LogP contribution in [-0.4, -0.2) is 7.11 Å². The molecule has 0 aliphatic carbocycles. The Bertz CT molecular complexity index is 836. The molecule has 0 radical (unpaired) electrons. The predicted octanol–water partition coefficient (Wildman–Crippen LogP) is 6.07. The van der Waals surface area contributed by atoms with Crippen LogP contribution < -0.4 is 10.1 Å². The number of hydrogen-bond acceptors (Lipinski definition) is 2. The molecule has 3 aromatic carbocycles. The van der Waals surface area contributed by atoms with Crippen molar-refractivity contribution in [3.05, 3.63) is 89.5 Å². The van der Waals surface area contributed by atoms with Gasteiger partial charge < -0.3 is 10.1 Å². The van der Waals surface area contributed by atoms with E-state index in [1.165, 1.54) is 16.7 Å². The molecule has 0 aliphatic heterocycles. The van der Waals surface area contributed by atoms with Crippen LogP contribution in [0.15, 0.2) is 72.8 Å². The third kappa shape index (κ3) is 3.69. The van der Waals surface area contributed by atoms with Crippen LogP contribution in [0.25, 0.3) is 0 Å². The van der Waals surface area contributed by atoms with Crippen LogP contribution in [0.2, 0.25) is 0 Å². The molecule has 0 bridgehead atoms. The molecule has 0 unspecified atom stereocenters. The van der Waals surface area contributed by atoms with Crippen LogP contribution in [0.3, 0.4) is 0 Å². The highest BCUT2D eigenvalue weighted by molar-refractivity contribution is 5.68. The molecule has 0 fully saturated rings. The Kier molecular flexibility index (Phi) is 4.80. The van der Waals surface area contributed by atoms with Crippen LogP contribution in [-0.2, 0) is 5.41 Å². The molecule has 128 valence electrons. The van der Waals surface area contributed by atoms with Crippen molar-refractivity contribution >= 4 is 11.4 Å². The van der Waals surface area contributed by atoms with Crippen molar-refractivity contribution in [2.45, 2.75) is 26.2 Å². The van der Waals surface area contributed by atoms with Gasteiger partial charge in [0.05, 0.1) is 12.8 Å². The monoisotopic (exact) mass is 331 g/mol. The maximum absolute atomic E-state index is 5.55. The second-order valence-corrected chi connectivity index (χ2v) is 6.90. The van der Waals surface area contributed by atoms with E-state index < -0.39 is 0 Å². The number of benzene rings is 3. The van der Waals surface area contributed by atoms with Gasteiger partial charge in [-0.1, -0.05) is 67.9 Å². The van der Waals surface area contributed by atoms with E-state index >= 15 is 0 Å². The summed E-state index contributed by atoms with van der Waals surface area (Å²) in [6, 6.07) is 25.3. The Labute approximate surface area is 150 Å². The molecule has 0 aliphatic rings. The number of nitrogens with one attached hydrogen (secondary N) is 1. The summed E-state index contributed by atoms with van der Waals surface area (Å²) in [5.41, 5.74) is 5.73. The predicted molar refractivity (Wildman–Crippen MR) is 106 cm³/mol. The van der Waals surface area contributed by atoms with E-state index in [0.29, 0.717) is 0 Å². The van der Waals surface area contributed by atoms with Crippen molar-refractivity contribution in [3.8, 4) is 5.75 Å². The van der Waals surface area contributed by atoms with Gasteiger partial charge in [-0.3, -0.25) is 0 Å². The van der Waals surface area contributed by atoms with E-state index in [4.69, 9.17) is 4.74 Å². The Morgan fingerprint density at radius 1 is 0.800 bits per heavy atom. The van der Waals surface area contributed by atoms with Crippen LogP contribution in [0.5, 0.6) is 5.75 Å². The lowest BCUT2D eigenvalue weighted by Gasteiger charge is -2.27. The summed E-state index contributed by atoms with van der Waals surface area (Å²) in [5.74, 6) is 0.841. The summed E-state index contributed by atoms with van der Waals surface area (Å²) in [4.78, 5) is 0. The summed E-state index contributed by atoms with van der Waals surface area (Å²) < 4.78 is 5.55. The summed E-state index contributed by atoms with van der Waals surface area (Å²) in [7, 11) is 1.71. The lowest BCUT2D eigenvalue weighted by molar-refractivity contribution is 0.416. The summed E-state index contributed by atoms with van der Waals surface area (Å²) >= 11 is 0. The molecule has 0 spiro atoms. The number of aryl methyl sites for hydroxylation is 1. The fourth-order valence-electron chi connectivity index (χ4n) is 3.01. The van der Waals surface area contributed by atoms with Crippen molar-refractivity contribution in [1.29, 1.82) is 0 Å². The van der Waals surface area contributed by atoms with E-state index in [1.807, 2.05) is 6.07 Å². The fourth-order valence-corrected chi connectivity index (χ4v) is 3.01. The SMILES string of the molecule is COc1ccc(C(C)(C)c2ccccc2)cc1Nc1ccc(C)cc1. The van der Waals surface area contributed by atoms with Gasteiger partial charge in [0.25, 0.3) is 0 Å². The third-order valence-electron chi connectivity index (χ3n) is 4.75. The van der Waals surface area contributed by atoms with Crippen molar-refractivity contribution in [1.82, 2.24) is 0 Å². The summed E-state index contributed by atoms with van der Waals surface area (Å²) in [5, 5.41) is 3.49. The molecule has 0 aromatic heterocycles. The van der Waals surface area contributed by atoms with Crippen LogP contribution in [0.4, 0.5) is 11.4 Å². The minimum Gasteiger partial charge on any atom is -0.495 e. The molecule has 0 amide bonds. The number of ether oxygens (including phenoxy) is 1. The lowest BCUT2D eigenvalue weighted by Crippen LogP contribution is -2.19. The average Bonchev–Trinajstić information content (AvgIpc) is 2.64. The van der Waals surface area contributed by atoms with Gasteiger partial charge in [-0.25, -0.2) is 0 Å². The van der Waals surface area contributed by atoms with Crippen LogP contribution >= 0.6 is 0 Å². The molecular formula is C23H25NO. The van der Waals surface area contributed by atoms with E-state index in [2.05, 4.69) is 92.8 Å². The zero-order chi connectivity index (χ0) is 17.9. The highest BCUT2D eigenvalue weighted by atomic mass is 16.5. The normalized spacial score (nSPS) is 11.2. The fraction of sp³-hybridized carbons (Fsp3) is 0.217. The zero-order valence-electron chi connectivity index (χ0n) is 15.3. The first-order chi connectivity index (χ1) is 12.0. The van der Waals surface area contributed by atoms with Gasteiger partial charge in [0.1, 0.15) is 5.75 Å². The van der Waals surface area contributed by atoms with Crippen LogP contribution in [0, 0.1) is 6.92 Å². The molecule has 3 rings (SSSR count). The van der Waals surface area contributed by atoms with Gasteiger partial charge in [0.2, 0.25) is 0 Å². The third-order valence-corrected chi connectivity index (χ3v) is 4.75. The van der Waals surface area contributed by atoms with Crippen molar-refractivity contribution < 1.29 is 4.74 Å². The van der Waals surface area contributed by atoms with E-state index in [-0.39, 0.29) is 5.41 Å². The molecule has 0 saturated carbocycles. The molecule has 0 heterocycles. The van der Waals surface area contributed by atoms with Crippen molar-refractivity contribution in [3.63, 3.8) is 0 Å². The Morgan fingerprint density at radius 2 is 1.48 bits per heavy atom. The molecule has 2 nitrogen and oxygen atoms in total. The number of methoxy groups -OCH3 is 1. The van der Waals surface area contributed by atoms with Gasteiger partial charge in [0.15, 0.2) is 0 Å². The van der Waals surface area contributed by atoms with Gasteiger partial charge in [0, 0.05) is 11.1 Å². The lowest BCUT2D eigenvalue weighted by atomic mass is 9.78. The summed E-state index contributed by atoms with van der Waals surface area (Å²) in [6.45, 7) is 6.59. The van der Waals surface area contributed by atoms with E-state index in [0.717, 1.165) is 17.1 Å². The van der Waals surface area contributed by atoms with Gasteiger partial charge in [-0.05, 0) is 42.3 Å². The molecule has 1 N–H and O–H groups in total. The molecule has 0 atom stereocenters. The number of hydrogen-bond donors (Lipinski definition) is 1. The topological polar surface area (TPSA) is 21.3 Å². The summed E-state index contributed by atoms with van der Waals surface area (Å²) in [6.07, 6.45) is 0. The van der Waals surface area contributed by atoms with Gasteiger partial charge in [-0.15, -0.1) is 0 Å². The molecule has 2 heteroatoms. The Balaban J connectivity index is 1.98. The maximum Gasteiger partial charge on any atom is 0.142 e. The maximum atomic E-state index is 5.55. The van der Waals surface area contributed by atoms with E-state index in [1.54, 1.807) is 7.11 Å². The molecule has 25 heavy (non-hydrogen) atoms. The number of rotatable bonds is 5. The first-order valence-corrected chi connectivity index (χ1v) is 8.58. The van der Waals surface area contributed by atoms with Crippen molar-refractivity contribution in [2.75, 3.05) is 12.4 Å². The van der Waals surface area contributed by atoms with Gasteiger partial charge >= 0.3 is 0 Å². The first kappa shape index (κ1) is 17.1. The quantitative estimate of drug-likeness (QED) is 0.612. The number of anilines is 2. The van der Waals surface area contributed by atoms with Gasteiger partial charge in [-0.2, -0.15) is 0 Å². The Morgan fingerprint density at radius 3 is 2.12 bits per heavy atom. The first-order valence-electron chi connectivity index (χ1n) is 8.58. The van der Waals surface area contributed by atoms with E-state index in [9.17, 15) is 0 Å². The highest BCUT2D eigenvalue weighted by Crippen LogP contribution is 2.37. The molecule has 3 aromatic rings. The minimum atomic E-state index is -0.0861. The molecule has 0 saturated heterocycles. The standard InChI is InChI=1S/C23H25NO/c1-17-10-13-20(14-11-17)24-21-16-19(12-15-22(21)25-4)23(2,3)18-8-6-5-7-9-18/h5-16,24H,1-4H3.